The smallest absolute Gasteiger partial charge is 0.223 e. The summed E-state index contributed by atoms with van der Waals surface area (Å²) in [6.07, 6.45) is 19.4. The van der Waals surface area contributed by atoms with Crippen molar-refractivity contribution < 1.29 is 9.90 Å². The van der Waals surface area contributed by atoms with Gasteiger partial charge in [-0.25, -0.2) is 0 Å². The van der Waals surface area contributed by atoms with Gasteiger partial charge in [-0.2, -0.15) is 0 Å². The van der Waals surface area contributed by atoms with Crippen LogP contribution in [0.2, 0.25) is 0 Å². The molecule has 0 aliphatic carbocycles. The minimum atomic E-state index is -0.565. The zero-order chi connectivity index (χ0) is 18.0. The molecule has 0 rings (SSSR count). The number of nitrogens with two attached hydrogens (primary N) is 1. The van der Waals surface area contributed by atoms with Crippen LogP contribution in [0.15, 0.2) is 0 Å². The third kappa shape index (κ3) is 13.8. The number of hydrogen-bond acceptors (Lipinski definition) is 2. The molecular weight excluding hydrogens is 298 g/mol. The first kappa shape index (κ1) is 23.4. The standard InChI is InChI=1S/C21H43NO2/c1-3-5-6-7-8-9-10-11-12-13-14-15-16-17-18-19(21(22)24)20(23)4-2/h19-20,23H,3-18H2,1-2H3,(H2,22,24). The summed E-state index contributed by atoms with van der Waals surface area (Å²) < 4.78 is 0. The number of unbranched alkanes of at least 4 members (excludes halogenated alkanes) is 13. The number of carbonyl (C=O) groups excluding carboxylic acids is 1. The average molecular weight is 342 g/mol. The largest absolute Gasteiger partial charge is 0.392 e. The molecule has 144 valence electrons. The molecule has 0 aromatic carbocycles. The maximum atomic E-state index is 11.3. The van der Waals surface area contributed by atoms with Gasteiger partial charge in [-0.3, -0.25) is 4.79 Å². The zero-order valence-corrected chi connectivity index (χ0v) is 16.4. The summed E-state index contributed by atoms with van der Waals surface area (Å²) in [5.74, 6) is -0.702. The molecule has 1 amide bonds. The number of hydrogen-bond donors (Lipinski definition) is 2. The molecule has 2 atom stereocenters. The summed E-state index contributed by atoms with van der Waals surface area (Å²) in [5, 5.41) is 9.79. The van der Waals surface area contributed by atoms with Crippen LogP contribution in [-0.4, -0.2) is 17.1 Å². The van der Waals surface area contributed by atoms with Crippen molar-refractivity contribution in [2.45, 2.75) is 123 Å². The predicted octanol–water partition coefficient (Wildman–Crippen LogP) is 5.73. The van der Waals surface area contributed by atoms with Gasteiger partial charge in [0.1, 0.15) is 0 Å². The fraction of sp³-hybridized carbons (Fsp3) is 0.952. The summed E-state index contributed by atoms with van der Waals surface area (Å²) in [4.78, 5) is 11.3. The van der Waals surface area contributed by atoms with Crippen molar-refractivity contribution in [3.8, 4) is 0 Å². The Bertz CT molecular complexity index is 281. The van der Waals surface area contributed by atoms with Gasteiger partial charge >= 0.3 is 0 Å². The molecule has 0 aromatic heterocycles. The summed E-state index contributed by atoms with van der Waals surface area (Å²) in [6, 6.07) is 0. The predicted molar refractivity (Wildman–Crippen MR) is 104 cm³/mol. The van der Waals surface area contributed by atoms with E-state index in [1.54, 1.807) is 0 Å². The summed E-state index contributed by atoms with van der Waals surface area (Å²) >= 11 is 0. The van der Waals surface area contributed by atoms with Crippen LogP contribution in [0.4, 0.5) is 0 Å². The normalized spacial score (nSPS) is 13.8. The van der Waals surface area contributed by atoms with Gasteiger partial charge < -0.3 is 10.8 Å². The van der Waals surface area contributed by atoms with Crippen molar-refractivity contribution in [3.63, 3.8) is 0 Å². The second-order valence-corrected chi connectivity index (χ2v) is 7.37. The van der Waals surface area contributed by atoms with Crippen LogP contribution in [-0.2, 0) is 4.79 Å². The molecule has 0 saturated heterocycles. The Hall–Kier alpha value is -0.570. The van der Waals surface area contributed by atoms with E-state index < -0.39 is 6.10 Å². The van der Waals surface area contributed by atoms with Gasteiger partial charge in [0, 0.05) is 0 Å². The van der Waals surface area contributed by atoms with Gasteiger partial charge in [-0.15, -0.1) is 0 Å². The van der Waals surface area contributed by atoms with E-state index >= 15 is 0 Å². The molecule has 0 fully saturated rings. The SMILES string of the molecule is CCCCCCCCCCCCCCCCC(C(N)=O)C(O)CC. The van der Waals surface area contributed by atoms with E-state index in [0.717, 1.165) is 19.3 Å². The number of carbonyl (C=O) groups is 1. The Labute approximate surface area is 150 Å². The Morgan fingerprint density at radius 1 is 0.750 bits per heavy atom. The van der Waals surface area contributed by atoms with Crippen LogP contribution in [0.1, 0.15) is 117 Å². The molecule has 0 spiro atoms. The number of aliphatic hydroxyl groups excluding tert-OH is 1. The van der Waals surface area contributed by atoms with E-state index in [4.69, 9.17) is 5.73 Å². The van der Waals surface area contributed by atoms with Gasteiger partial charge in [0.2, 0.25) is 5.91 Å². The van der Waals surface area contributed by atoms with Gasteiger partial charge in [-0.05, 0) is 12.8 Å². The monoisotopic (exact) mass is 341 g/mol. The van der Waals surface area contributed by atoms with Crippen LogP contribution in [0.25, 0.3) is 0 Å². The second kappa shape index (κ2) is 17.3. The summed E-state index contributed by atoms with van der Waals surface area (Å²) in [7, 11) is 0. The average Bonchev–Trinajstić information content (AvgIpc) is 2.57. The molecule has 0 heterocycles. The van der Waals surface area contributed by atoms with Gasteiger partial charge in [0.25, 0.3) is 0 Å². The van der Waals surface area contributed by atoms with Crippen molar-refractivity contribution in [2.24, 2.45) is 11.7 Å². The van der Waals surface area contributed by atoms with Crippen LogP contribution >= 0.6 is 0 Å². The van der Waals surface area contributed by atoms with E-state index in [-0.39, 0.29) is 11.8 Å². The van der Waals surface area contributed by atoms with Crippen molar-refractivity contribution in [2.75, 3.05) is 0 Å². The number of primary amides is 1. The quantitative estimate of drug-likeness (QED) is 0.313. The molecule has 3 N–H and O–H groups in total. The highest BCUT2D eigenvalue weighted by Gasteiger charge is 2.22. The van der Waals surface area contributed by atoms with Crippen LogP contribution < -0.4 is 5.73 Å². The number of rotatable bonds is 18. The first-order valence-corrected chi connectivity index (χ1v) is 10.6. The number of amides is 1. The molecule has 3 heteroatoms. The highest BCUT2D eigenvalue weighted by atomic mass is 16.3. The van der Waals surface area contributed by atoms with E-state index in [1.807, 2.05) is 6.92 Å². The van der Waals surface area contributed by atoms with Crippen molar-refractivity contribution >= 4 is 5.91 Å². The molecule has 2 unspecified atom stereocenters. The maximum Gasteiger partial charge on any atom is 0.223 e. The first-order chi connectivity index (χ1) is 11.6. The molecule has 24 heavy (non-hydrogen) atoms. The Kier molecular flexibility index (Phi) is 16.8. The summed E-state index contributed by atoms with van der Waals surface area (Å²) in [6.45, 7) is 4.16. The fourth-order valence-electron chi connectivity index (χ4n) is 3.37. The fourth-order valence-corrected chi connectivity index (χ4v) is 3.37. The third-order valence-corrected chi connectivity index (χ3v) is 5.12. The minimum absolute atomic E-state index is 0.348. The molecule has 0 aromatic rings. The topological polar surface area (TPSA) is 63.3 Å². The molecule has 0 aliphatic rings. The van der Waals surface area contributed by atoms with Crippen molar-refractivity contribution in [1.29, 1.82) is 0 Å². The van der Waals surface area contributed by atoms with Crippen molar-refractivity contribution in [1.82, 2.24) is 0 Å². The van der Waals surface area contributed by atoms with Crippen LogP contribution in [0.5, 0.6) is 0 Å². The van der Waals surface area contributed by atoms with E-state index in [2.05, 4.69) is 6.92 Å². The molecule has 0 radical (unpaired) electrons. The first-order valence-electron chi connectivity index (χ1n) is 10.6. The molecule has 0 aliphatic heterocycles. The van der Waals surface area contributed by atoms with Crippen LogP contribution in [0.3, 0.4) is 0 Å². The lowest BCUT2D eigenvalue weighted by Crippen LogP contribution is -2.33. The highest BCUT2D eigenvalue weighted by Crippen LogP contribution is 2.18. The Morgan fingerprint density at radius 2 is 1.12 bits per heavy atom. The number of aliphatic hydroxyl groups is 1. The second-order valence-electron chi connectivity index (χ2n) is 7.37. The lowest BCUT2D eigenvalue weighted by molar-refractivity contribution is -0.125. The molecule has 0 bridgehead atoms. The van der Waals surface area contributed by atoms with Gasteiger partial charge in [0.05, 0.1) is 12.0 Å². The van der Waals surface area contributed by atoms with E-state index in [1.165, 1.54) is 77.0 Å². The molecular formula is C21H43NO2. The third-order valence-electron chi connectivity index (χ3n) is 5.12. The van der Waals surface area contributed by atoms with E-state index in [0.29, 0.717) is 6.42 Å². The zero-order valence-electron chi connectivity index (χ0n) is 16.4. The van der Waals surface area contributed by atoms with Crippen LogP contribution in [0, 0.1) is 5.92 Å². The lowest BCUT2D eigenvalue weighted by atomic mass is 9.93. The minimum Gasteiger partial charge on any atom is -0.392 e. The highest BCUT2D eigenvalue weighted by molar-refractivity contribution is 5.77. The summed E-state index contributed by atoms with van der Waals surface area (Å²) in [5.41, 5.74) is 5.37. The lowest BCUT2D eigenvalue weighted by Gasteiger charge is -2.18. The molecule has 3 nitrogen and oxygen atoms in total. The van der Waals surface area contributed by atoms with Gasteiger partial charge in [0.15, 0.2) is 0 Å². The van der Waals surface area contributed by atoms with Gasteiger partial charge in [-0.1, -0.05) is 104 Å². The van der Waals surface area contributed by atoms with E-state index in [9.17, 15) is 9.90 Å². The maximum absolute atomic E-state index is 11.3. The molecule has 0 saturated carbocycles. The Morgan fingerprint density at radius 3 is 1.46 bits per heavy atom. The van der Waals surface area contributed by atoms with Crippen molar-refractivity contribution in [3.05, 3.63) is 0 Å². The Balaban J connectivity index is 3.31.